The van der Waals surface area contributed by atoms with Gasteiger partial charge in [-0.1, -0.05) is 13.8 Å². The first-order valence-electron chi connectivity index (χ1n) is 8.15. The minimum atomic E-state index is -0.114. The van der Waals surface area contributed by atoms with Crippen LogP contribution in [0.2, 0.25) is 5.28 Å². The first-order chi connectivity index (χ1) is 10.5. The molecule has 0 amide bonds. The van der Waals surface area contributed by atoms with Crippen molar-refractivity contribution in [1.29, 1.82) is 0 Å². The molecule has 2 aliphatic rings. The molecule has 0 spiro atoms. The summed E-state index contributed by atoms with van der Waals surface area (Å²) in [7, 11) is 0. The maximum atomic E-state index is 12.5. The second kappa shape index (κ2) is 4.82. The van der Waals surface area contributed by atoms with Crippen LogP contribution in [0.4, 0.5) is 0 Å². The number of halogens is 1. The van der Waals surface area contributed by atoms with Crippen molar-refractivity contribution < 1.29 is 0 Å². The third-order valence-electron chi connectivity index (χ3n) is 5.45. The summed E-state index contributed by atoms with van der Waals surface area (Å²) < 4.78 is 1.51. The van der Waals surface area contributed by atoms with Gasteiger partial charge in [-0.15, -0.1) is 0 Å². The summed E-state index contributed by atoms with van der Waals surface area (Å²) in [5.41, 5.74) is 1.41. The fourth-order valence-electron chi connectivity index (χ4n) is 4.22. The molecule has 0 aromatic carbocycles. The Balaban J connectivity index is 1.63. The third-order valence-corrected chi connectivity index (χ3v) is 5.74. The summed E-state index contributed by atoms with van der Waals surface area (Å²) in [4.78, 5) is 24.4. The Morgan fingerprint density at radius 2 is 2.23 bits per heavy atom. The average Bonchev–Trinajstić information content (AvgIpc) is 2.80. The van der Waals surface area contributed by atoms with Gasteiger partial charge in [0.25, 0.3) is 5.56 Å². The summed E-state index contributed by atoms with van der Waals surface area (Å²) in [6.07, 6.45) is 5.72. The Morgan fingerprint density at radius 3 is 2.91 bits per heavy atom. The van der Waals surface area contributed by atoms with E-state index in [0.717, 1.165) is 24.6 Å². The van der Waals surface area contributed by atoms with Crippen molar-refractivity contribution in [3.8, 4) is 0 Å². The zero-order valence-corrected chi connectivity index (χ0v) is 13.8. The number of rotatable bonds is 4. The highest BCUT2D eigenvalue weighted by Crippen LogP contribution is 2.65. The molecule has 3 unspecified atom stereocenters. The van der Waals surface area contributed by atoms with Crippen LogP contribution in [0.1, 0.15) is 45.4 Å². The van der Waals surface area contributed by atoms with Crippen molar-refractivity contribution in [3.63, 3.8) is 0 Å². The standard InChI is InChI=1S/C16H21ClN4O/c1-3-4-21-14(22)12-13(20-15(21)17)19-11(18-12)6-9-5-10-8-16(10,2)7-9/h9-10H,3-8H2,1-2H3,(H,18,19). The fraction of sp³-hybridized carbons (Fsp3) is 0.688. The molecule has 4 rings (SSSR count). The van der Waals surface area contributed by atoms with E-state index in [1.54, 1.807) is 0 Å². The molecule has 3 atom stereocenters. The monoisotopic (exact) mass is 320 g/mol. The van der Waals surface area contributed by atoms with E-state index in [2.05, 4.69) is 21.9 Å². The van der Waals surface area contributed by atoms with Crippen molar-refractivity contribution in [2.24, 2.45) is 17.3 Å². The molecule has 0 aliphatic heterocycles. The summed E-state index contributed by atoms with van der Waals surface area (Å²) in [6.45, 7) is 4.98. The van der Waals surface area contributed by atoms with Gasteiger partial charge in [-0.05, 0) is 54.5 Å². The number of hydrogen-bond donors (Lipinski definition) is 1. The Bertz CT molecular complexity index is 795. The molecule has 2 heterocycles. The van der Waals surface area contributed by atoms with E-state index in [9.17, 15) is 4.79 Å². The normalized spacial score (nSPS) is 30.0. The topological polar surface area (TPSA) is 63.6 Å². The molecule has 6 heteroatoms. The van der Waals surface area contributed by atoms with Gasteiger partial charge in [-0.25, -0.2) is 4.98 Å². The summed E-state index contributed by atoms with van der Waals surface area (Å²) in [6, 6.07) is 0. The van der Waals surface area contributed by atoms with Gasteiger partial charge in [0, 0.05) is 13.0 Å². The highest BCUT2D eigenvalue weighted by atomic mass is 35.5. The van der Waals surface area contributed by atoms with Crippen LogP contribution in [0.25, 0.3) is 11.2 Å². The number of H-pyrrole nitrogens is 1. The second-order valence-electron chi connectivity index (χ2n) is 7.28. The lowest BCUT2D eigenvalue weighted by molar-refractivity contribution is 0.431. The number of imidazole rings is 1. The summed E-state index contributed by atoms with van der Waals surface area (Å²) >= 11 is 6.11. The molecule has 22 heavy (non-hydrogen) atoms. The molecule has 0 radical (unpaired) electrons. The van der Waals surface area contributed by atoms with Crippen molar-refractivity contribution in [2.75, 3.05) is 0 Å². The van der Waals surface area contributed by atoms with Gasteiger partial charge in [0.05, 0.1) is 0 Å². The molecule has 5 nitrogen and oxygen atoms in total. The van der Waals surface area contributed by atoms with E-state index >= 15 is 0 Å². The van der Waals surface area contributed by atoms with Gasteiger partial charge in [-0.3, -0.25) is 9.36 Å². The highest BCUT2D eigenvalue weighted by Gasteiger charge is 2.56. The molecular weight excluding hydrogens is 300 g/mol. The van der Waals surface area contributed by atoms with Gasteiger partial charge >= 0.3 is 0 Å². The minimum absolute atomic E-state index is 0.114. The van der Waals surface area contributed by atoms with Gasteiger partial charge in [0.15, 0.2) is 11.2 Å². The van der Waals surface area contributed by atoms with E-state index in [-0.39, 0.29) is 10.8 Å². The molecule has 1 N–H and O–H groups in total. The fourth-order valence-corrected chi connectivity index (χ4v) is 4.46. The largest absolute Gasteiger partial charge is 0.336 e. The van der Waals surface area contributed by atoms with Crippen LogP contribution in [0, 0.1) is 17.3 Å². The predicted octanol–water partition coefficient (Wildman–Crippen LogP) is 3.16. The van der Waals surface area contributed by atoms with E-state index in [4.69, 9.17) is 11.6 Å². The molecule has 118 valence electrons. The van der Waals surface area contributed by atoms with Crippen molar-refractivity contribution >= 4 is 22.8 Å². The van der Waals surface area contributed by atoms with E-state index in [1.165, 1.54) is 23.8 Å². The van der Waals surface area contributed by atoms with Gasteiger partial charge < -0.3 is 4.98 Å². The van der Waals surface area contributed by atoms with Crippen molar-refractivity contribution in [2.45, 2.75) is 52.5 Å². The van der Waals surface area contributed by atoms with Crippen LogP contribution in [-0.4, -0.2) is 19.5 Å². The van der Waals surface area contributed by atoms with Crippen LogP contribution in [0.3, 0.4) is 0 Å². The Kier molecular flexibility index (Phi) is 3.12. The Labute approximate surface area is 134 Å². The zero-order valence-electron chi connectivity index (χ0n) is 13.0. The lowest BCUT2D eigenvalue weighted by Crippen LogP contribution is -2.22. The van der Waals surface area contributed by atoms with Crippen molar-refractivity contribution in [3.05, 3.63) is 21.5 Å². The SMILES string of the molecule is CCCn1c(Cl)nc2nc(CC3CC4CC4(C)C3)[nH]c2c1=O. The van der Waals surface area contributed by atoms with Crippen molar-refractivity contribution in [1.82, 2.24) is 19.5 Å². The second-order valence-corrected chi connectivity index (χ2v) is 7.62. The predicted molar refractivity (Wildman–Crippen MR) is 86.1 cm³/mol. The highest BCUT2D eigenvalue weighted by molar-refractivity contribution is 6.28. The smallest absolute Gasteiger partial charge is 0.280 e. The summed E-state index contributed by atoms with van der Waals surface area (Å²) in [5.74, 6) is 2.47. The maximum absolute atomic E-state index is 12.5. The quantitative estimate of drug-likeness (QED) is 0.880. The molecule has 2 aromatic rings. The minimum Gasteiger partial charge on any atom is -0.336 e. The number of aromatic nitrogens is 4. The van der Waals surface area contributed by atoms with Crippen LogP contribution >= 0.6 is 11.6 Å². The third kappa shape index (κ3) is 2.18. The van der Waals surface area contributed by atoms with Crippen LogP contribution in [0.5, 0.6) is 0 Å². The first kappa shape index (κ1) is 14.2. The van der Waals surface area contributed by atoms with Crippen LogP contribution in [-0.2, 0) is 13.0 Å². The first-order valence-corrected chi connectivity index (χ1v) is 8.53. The number of hydrogen-bond acceptors (Lipinski definition) is 3. The molecule has 2 fully saturated rings. The molecule has 0 saturated heterocycles. The molecule has 2 aromatic heterocycles. The Hall–Kier alpha value is -1.36. The number of nitrogens with zero attached hydrogens (tertiary/aromatic N) is 3. The summed E-state index contributed by atoms with van der Waals surface area (Å²) in [5, 5.41) is 0.229. The van der Waals surface area contributed by atoms with Crippen LogP contribution in [0.15, 0.2) is 4.79 Å². The number of aromatic amines is 1. The zero-order chi connectivity index (χ0) is 15.5. The van der Waals surface area contributed by atoms with E-state index in [0.29, 0.717) is 29.0 Å². The number of nitrogens with one attached hydrogen (secondary N) is 1. The molecule has 0 bridgehead atoms. The van der Waals surface area contributed by atoms with Gasteiger partial charge in [0.2, 0.25) is 5.28 Å². The molecular formula is C16H21ClN4O. The van der Waals surface area contributed by atoms with Crippen LogP contribution < -0.4 is 5.56 Å². The van der Waals surface area contributed by atoms with E-state index < -0.39 is 0 Å². The molecule has 2 aliphatic carbocycles. The Morgan fingerprint density at radius 1 is 1.41 bits per heavy atom. The average molecular weight is 321 g/mol. The lowest BCUT2D eigenvalue weighted by Gasteiger charge is -2.11. The maximum Gasteiger partial charge on any atom is 0.280 e. The number of fused-ring (bicyclic) bond motifs is 2. The lowest BCUT2D eigenvalue weighted by atomic mass is 9.96. The van der Waals surface area contributed by atoms with E-state index in [1.807, 2.05) is 6.92 Å². The van der Waals surface area contributed by atoms with Gasteiger partial charge in [-0.2, -0.15) is 4.98 Å². The van der Waals surface area contributed by atoms with Gasteiger partial charge in [0.1, 0.15) is 5.82 Å². The molecule has 2 saturated carbocycles.